The Morgan fingerprint density at radius 2 is 2.28 bits per heavy atom. The first-order chi connectivity index (χ1) is 8.72. The van der Waals surface area contributed by atoms with Crippen molar-refractivity contribution in [2.45, 2.75) is 31.7 Å². The van der Waals surface area contributed by atoms with E-state index in [1.165, 1.54) is 6.42 Å². The van der Waals surface area contributed by atoms with Crippen LogP contribution in [0.15, 0.2) is 18.2 Å². The van der Waals surface area contributed by atoms with Gasteiger partial charge in [0.25, 0.3) is 0 Å². The average molecular weight is 250 g/mol. The number of hydrogen-bond acceptors (Lipinski definition) is 4. The fourth-order valence-corrected chi connectivity index (χ4v) is 2.61. The van der Waals surface area contributed by atoms with Crippen LogP contribution in [0.4, 0.5) is 11.4 Å². The summed E-state index contributed by atoms with van der Waals surface area (Å²) in [6, 6.07) is 6.10. The van der Waals surface area contributed by atoms with E-state index in [0.29, 0.717) is 17.6 Å². The Morgan fingerprint density at radius 1 is 1.44 bits per heavy atom. The minimum Gasteiger partial charge on any atom is -0.497 e. The summed E-state index contributed by atoms with van der Waals surface area (Å²) >= 11 is 0. The Balaban J connectivity index is 2.00. The number of nitrogen functional groups attached to an aromatic ring is 1. The summed E-state index contributed by atoms with van der Waals surface area (Å²) in [5.74, 6) is 1.20. The zero-order valence-corrected chi connectivity index (χ0v) is 10.9. The largest absolute Gasteiger partial charge is 0.497 e. The molecule has 0 bridgehead atoms. The summed E-state index contributed by atoms with van der Waals surface area (Å²) < 4.78 is 5.13. The normalized spacial score (nSPS) is 23.7. The molecule has 0 radical (unpaired) electrons. The number of aliphatic hydroxyl groups excluding tert-OH is 1. The lowest BCUT2D eigenvalue weighted by Crippen LogP contribution is -2.29. The third-order valence-electron chi connectivity index (χ3n) is 3.66. The van der Waals surface area contributed by atoms with E-state index in [4.69, 9.17) is 10.5 Å². The summed E-state index contributed by atoms with van der Waals surface area (Å²) in [5, 5.41) is 12.7. The smallest absolute Gasteiger partial charge is 0.121 e. The van der Waals surface area contributed by atoms with Crippen LogP contribution in [0.3, 0.4) is 0 Å². The molecule has 1 saturated carbocycles. The first kappa shape index (κ1) is 13.0. The molecular weight excluding hydrogens is 228 g/mol. The van der Waals surface area contributed by atoms with E-state index in [1.54, 1.807) is 7.11 Å². The summed E-state index contributed by atoms with van der Waals surface area (Å²) in [5.41, 5.74) is 7.66. The fourth-order valence-electron chi connectivity index (χ4n) is 2.61. The molecule has 4 N–H and O–H groups in total. The van der Waals surface area contributed by atoms with Gasteiger partial charge in [-0.25, -0.2) is 0 Å². The molecule has 2 rings (SSSR count). The van der Waals surface area contributed by atoms with Gasteiger partial charge in [-0.1, -0.05) is 6.42 Å². The number of methoxy groups -OCH3 is 1. The van der Waals surface area contributed by atoms with Crippen molar-refractivity contribution >= 4 is 11.4 Å². The second-order valence-electron chi connectivity index (χ2n) is 5.01. The average Bonchev–Trinajstić information content (AvgIpc) is 2.41. The lowest BCUT2D eigenvalue weighted by atomic mass is 9.86. The standard InChI is InChI=1S/C14H22N2O2/c1-18-12-5-6-14(13(15)8-12)16-11-4-2-3-10(7-11)9-17/h5-6,8,10-11,16-17H,2-4,7,9,15H2,1H3. The Morgan fingerprint density at radius 3 is 2.94 bits per heavy atom. The molecule has 4 heteroatoms. The van der Waals surface area contributed by atoms with Gasteiger partial charge in [0.2, 0.25) is 0 Å². The number of anilines is 2. The number of aliphatic hydroxyl groups is 1. The van der Waals surface area contributed by atoms with E-state index >= 15 is 0 Å². The van der Waals surface area contributed by atoms with Crippen LogP contribution in [0, 0.1) is 5.92 Å². The second-order valence-corrected chi connectivity index (χ2v) is 5.01. The van der Waals surface area contributed by atoms with Crippen LogP contribution in [-0.2, 0) is 0 Å². The zero-order valence-electron chi connectivity index (χ0n) is 10.9. The first-order valence-electron chi connectivity index (χ1n) is 6.54. The van der Waals surface area contributed by atoms with Crippen LogP contribution in [0.2, 0.25) is 0 Å². The lowest BCUT2D eigenvalue weighted by Gasteiger charge is -2.29. The van der Waals surface area contributed by atoms with Gasteiger partial charge < -0.3 is 20.9 Å². The molecule has 4 nitrogen and oxygen atoms in total. The monoisotopic (exact) mass is 250 g/mol. The maximum atomic E-state index is 9.23. The Bertz CT molecular complexity index is 395. The highest BCUT2D eigenvalue weighted by Crippen LogP contribution is 2.30. The van der Waals surface area contributed by atoms with Gasteiger partial charge in [-0.2, -0.15) is 0 Å². The highest BCUT2D eigenvalue weighted by molar-refractivity contribution is 5.68. The number of nitrogens with two attached hydrogens (primary N) is 1. The van der Waals surface area contributed by atoms with Gasteiger partial charge in [0, 0.05) is 18.7 Å². The summed E-state index contributed by atoms with van der Waals surface area (Å²) in [6.45, 7) is 0.288. The second kappa shape index (κ2) is 5.96. The Hall–Kier alpha value is -1.42. The van der Waals surface area contributed by atoms with E-state index in [1.807, 2.05) is 18.2 Å². The van der Waals surface area contributed by atoms with Crippen molar-refractivity contribution in [3.63, 3.8) is 0 Å². The summed E-state index contributed by atoms with van der Waals surface area (Å²) in [6.07, 6.45) is 4.45. The Kier molecular flexibility index (Phi) is 4.31. The highest BCUT2D eigenvalue weighted by atomic mass is 16.5. The number of ether oxygens (including phenoxy) is 1. The van der Waals surface area contributed by atoms with Gasteiger partial charge in [-0.3, -0.25) is 0 Å². The molecule has 0 saturated heterocycles. The van der Waals surface area contributed by atoms with Crippen molar-refractivity contribution in [2.24, 2.45) is 5.92 Å². The van der Waals surface area contributed by atoms with Crippen LogP contribution in [0.5, 0.6) is 5.75 Å². The molecule has 1 fully saturated rings. The molecule has 1 aromatic rings. The SMILES string of the molecule is COc1ccc(NC2CCCC(CO)C2)c(N)c1. The van der Waals surface area contributed by atoms with Crippen molar-refractivity contribution < 1.29 is 9.84 Å². The van der Waals surface area contributed by atoms with Gasteiger partial charge in [-0.15, -0.1) is 0 Å². The first-order valence-corrected chi connectivity index (χ1v) is 6.54. The Labute approximate surface area is 108 Å². The maximum absolute atomic E-state index is 9.23. The van der Waals surface area contributed by atoms with Crippen LogP contribution >= 0.6 is 0 Å². The van der Waals surface area contributed by atoms with E-state index in [-0.39, 0.29) is 6.61 Å². The fraction of sp³-hybridized carbons (Fsp3) is 0.571. The van der Waals surface area contributed by atoms with E-state index in [2.05, 4.69) is 5.32 Å². The van der Waals surface area contributed by atoms with Gasteiger partial charge in [0.05, 0.1) is 18.5 Å². The van der Waals surface area contributed by atoms with Crippen molar-refractivity contribution in [2.75, 3.05) is 24.8 Å². The molecule has 0 aliphatic heterocycles. The third-order valence-corrected chi connectivity index (χ3v) is 3.66. The molecule has 1 aromatic carbocycles. The molecule has 0 amide bonds. The van der Waals surface area contributed by atoms with E-state index in [0.717, 1.165) is 30.7 Å². The molecule has 1 aliphatic rings. The van der Waals surface area contributed by atoms with Crippen molar-refractivity contribution in [1.82, 2.24) is 0 Å². The molecule has 2 unspecified atom stereocenters. The number of rotatable bonds is 4. The molecule has 0 heterocycles. The van der Waals surface area contributed by atoms with Gasteiger partial charge in [0.1, 0.15) is 5.75 Å². The highest BCUT2D eigenvalue weighted by Gasteiger charge is 2.21. The molecule has 18 heavy (non-hydrogen) atoms. The molecule has 2 atom stereocenters. The topological polar surface area (TPSA) is 67.5 Å². The third kappa shape index (κ3) is 3.07. The quantitative estimate of drug-likeness (QED) is 0.717. The summed E-state index contributed by atoms with van der Waals surface area (Å²) in [7, 11) is 1.63. The van der Waals surface area contributed by atoms with Crippen LogP contribution in [-0.4, -0.2) is 24.9 Å². The van der Waals surface area contributed by atoms with Gasteiger partial charge >= 0.3 is 0 Å². The van der Waals surface area contributed by atoms with Crippen molar-refractivity contribution in [1.29, 1.82) is 0 Å². The number of nitrogens with one attached hydrogen (secondary N) is 1. The minimum absolute atomic E-state index is 0.288. The molecule has 1 aliphatic carbocycles. The number of benzene rings is 1. The predicted octanol–water partition coefficient (Wildman–Crippen LogP) is 2.24. The van der Waals surface area contributed by atoms with Crippen LogP contribution in [0.1, 0.15) is 25.7 Å². The van der Waals surface area contributed by atoms with Crippen molar-refractivity contribution in [3.8, 4) is 5.75 Å². The molecular formula is C14H22N2O2. The van der Waals surface area contributed by atoms with E-state index < -0.39 is 0 Å². The predicted molar refractivity (Wildman–Crippen MR) is 73.9 cm³/mol. The minimum atomic E-state index is 0.288. The van der Waals surface area contributed by atoms with Gasteiger partial charge in [0.15, 0.2) is 0 Å². The van der Waals surface area contributed by atoms with Crippen LogP contribution in [0.25, 0.3) is 0 Å². The van der Waals surface area contributed by atoms with Crippen molar-refractivity contribution in [3.05, 3.63) is 18.2 Å². The van der Waals surface area contributed by atoms with Crippen LogP contribution < -0.4 is 15.8 Å². The molecule has 100 valence electrons. The summed E-state index contributed by atoms with van der Waals surface area (Å²) in [4.78, 5) is 0. The number of hydrogen-bond donors (Lipinski definition) is 3. The lowest BCUT2D eigenvalue weighted by molar-refractivity contribution is 0.184. The van der Waals surface area contributed by atoms with E-state index in [9.17, 15) is 5.11 Å². The molecule has 0 spiro atoms. The van der Waals surface area contributed by atoms with Gasteiger partial charge in [-0.05, 0) is 37.3 Å². The zero-order chi connectivity index (χ0) is 13.0. The maximum Gasteiger partial charge on any atom is 0.121 e. The molecule has 0 aromatic heterocycles.